The van der Waals surface area contributed by atoms with E-state index in [0.29, 0.717) is 19.4 Å². The third-order valence-electron chi connectivity index (χ3n) is 1.77. The zero-order valence-electron chi connectivity index (χ0n) is 8.58. The molecular weight excluding hydrogens is 168 g/mol. The number of esters is 1. The van der Waals surface area contributed by atoms with Gasteiger partial charge in [-0.3, -0.25) is 4.79 Å². The number of ether oxygens (including phenoxy) is 1. The van der Waals surface area contributed by atoms with Crippen molar-refractivity contribution in [3.8, 4) is 0 Å². The fraction of sp³-hybridized carbons (Fsp3) is 0.900. The lowest BCUT2D eigenvalue weighted by Gasteiger charge is -2.08. The highest BCUT2D eigenvalue weighted by molar-refractivity contribution is 5.69. The predicted octanol–water partition coefficient (Wildman–Crippen LogP) is 1.88. The summed E-state index contributed by atoms with van der Waals surface area (Å²) in [6.07, 6.45) is 3.08. The molecule has 78 valence electrons. The van der Waals surface area contributed by atoms with Crippen LogP contribution in [0.3, 0.4) is 0 Å². The van der Waals surface area contributed by atoms with Gasteiger partial charge in [0, 0.05) is 6.42 Å². The minimum Gasteiger partial charge on any atom is -0.466 e. The van der Waals surface area contributed by atoms with Gasteiger partial charge >= 0.3 is 5.97 Å². The van der Waals surface area contributed by atoms with E-state index in [0.717, 1.165) is 19.3 Å². The lowest BCUT2D eigenvalue weighted by Crippen LogP contribution is -2.11. The molecule has 0 spiro atoms. The fourth-order valence-corrected chi connectivity index (χ4v) is 1.05. The van der Waals surface area contributed by atoms with Crippen LogP contribution in [0.2, 0.25) is 0 Å². The Labute approximate surface area is 80.1 Å². The number of rotatable bonds is 7. The average molecular weight is 188 g/mol. The zero-order valence-corrected chi connectivity index (χ0v) is 8.58. The van der Waals surface area contributed by atoms with Gasteiger partial charge in [-0.25, -0.2) is 0 Å². The van der Waals surface area contributed by atoms with E-state index in [1.807, 2.05) is 13.8 Å². The second kappa shape index (κ2) is 8.05. The van der Waals surface area contributed by atoms with Gasteiger partial charge in [-0.1, -0.05) is 20.3 Å². The number of carbonyl (C=O) groups is 1. The molecule has 0 aromatic rings. The van der Waals surface area contributed by atoms with Crippen LogP contribution in [0.5, 0.6) is 0 Å². The quantitative estimate of drug-likeness (QED) is 0.620. The summed E-state index contributed by atoms with van der Waals surface area (Å²) < 4.78 is 4.87. The van der Waals surface area contributed by atoms with Crippen LogP contribution in [0.15, 0.2) is 0 Å². The van der Waals surface area contributed by atoms with Crippen molar-refractivity contribution >= 4 is 5.97 Å². The third-order valence-corrected chi connectivity index (χ3v) is 1.77. The first-order valence-electron chi connectivity index (χ1n) is 5.04. The maximum absolute atomic E-state index is 11.0. The molecule has 1 atom stereocenters. The smallest absolute Gasteiger partial charge is 0.305 e. The normalized spacial score (nSPS) is 12.5. The Balaban J connectivity index is 3.34. The monoisotopic (exact) mass is 188 g/mol. The van der Waals surface area contributed by atoms with Crippen LogP contribution in [0.1, 0.15) is 46.0 Å². The van der Waals surface area contributed by atoms with Gasteiger partial charge in [-0.2, -0.15) is 0 Å². The van der Waals surface area contributed by atoms with Gasteiger partial charge in [0.05, 0.1) is 12.7 Å². The number of aliphatic hydroxyl groups is 1. The standard InChI is InChI=1S/C10H20O3/c1-3-5-9(11)6-7-10(12)13-8-4-2/h9,11H,3-8H2,1-2H3. The molecule has 0 amide bonds. The molecule has 0 heterocycles. The first kappa shape index (κ1) is 12.4. The summed E-state index contributed by atoms with van der Waals surface area (Å²) in [5.41, 5.74) is 0. The molecule has 0 aliphatic carbocycles. The molecule has 0 bridgehead atoms. The summed E-state index contributed by atoms with van der Waals surface area (Å²) in [6.45, 7) is 4.46. The molecule has 0 aromatic carbocycles. The topological polar surface area (TPSA) is 46.5 Å². The molecule has 3 nitrogen and oxygen atoms in total. The first-order valence-corrected chi connectivity index (χ1v) is 5.04. The van der Waals surface area contributed by atoms with E-state index in [1.54, 1.807) is 0 Å². The van der Waals surface area contributed by atoms with Gasteiger partial charge in [-0.05, 0) is 19.3 Å². The lowest BCUT2D eigenvalue weighted by molar-refractivity contribution is -0.144. The minimum atomic E-state index is -0.348. The maximum Gasteiger partial charge on any atom is 0.305 e. The number of hydrogen-bond acceptors (Lipinski definition) is 3. The molecule has 3 heteroatoms. The van der Waals surface area contributed by atoms with Gasteiger partial charge in [0.25, 0.3) is 0 Å². The molecule has 13 heavy (non-hydrogen) atoms. The summed E-state index contributed by atoms with van der Waals surface area (Å²) in [5.74, 6) is -0.197. The number of aliphatic hydroxyl groups excluding tert-OH is 1. The zero-order chi connectivity index (χ0) is 10.1. The SMILES string of the molecule is CCCOC(=O)CCC(O)CCC. The van der Waals surface area contributed by atoms with Gasteiger partial charge in [0.1, 0.15) is 0 Å². The van der Waals surface area contributed by atoms with E-state index in [1.165, 1.54) is 0 Å². The van der Waals surface area contributed by atoms with E-state index in [-0.39, 0.29) is 12.1 Å². The molecule has 1 unspecified atom stereocenters. The van der Waals surface area contributed by atoms with Crippen molar-refractivity contribution in [3.63, 3.8) is 0 Å². The summed E-state index contributed by atoms with van der Waals surface area (Å²) >= 11 is 0. The molecule has 0 rings (SSSR count). The van der Waals surface area contributed by atoms with E-state index in [4.69, 9.17) is 4.74 Å². The molecule has 0 saturated heterocycles. The minimum absolute atomic E-state index is 0.197. The van der Waals surface area contributed by atoms with Crippen LogP contribution in [-0.2, 0) is 9.53 Å². The summed E-state index contributed by atoms with van der Waals surface area (Å²) in [5, 5.41) is 9.32. The van der Waals surface area contributed by atoms with Crippen molar-refractivity contribution in [3.05, 3.63) is 0 Å². The van der Waals surface area contributed by atoms with Crippen molar-refractivity contribution in [2.75, 3.05) is 6.61 Å². The molecule has 0 radical (unpaired) electrons. The van der Waals surface area contributed by atoms with Crippen LogP contribution >= 0.6 is 0 Å². The Morgan fingerprint density at radius 1 is 1.31 bits per heavy atom. The molecule has 0 aliphatic heterocycles. The summed E-state index contributed by atoms with van der Waals surface area (Å²) in [6, 6.07) is 0. The largest absolute Gasteiger partial charge is 0.466 e. The molecule has 0 aromatic heterocycles. The fourth-order valence-electron chi connectivity index (χ4n) is 1.05. The number of hydrogen-bond donors (Lipinski definition) is 1. The molecular formula is C10H20O3. The van der Waals surface area contributed by atoms with Crippen LogP contribution in [-0.4, -0.2) is 23.8 Å². The van der Waals surface area contributed by atoms with Crippen LogP contribution in [0.25, 0.3) is 0 Å². The molecule has 0 fully saturated rings. The van der Waals surface area contributed by atoms with Gasteiger partial charge in [0.15, 0.2) is 0 Å². The van der Waals surface area contributed by atoms with Crippen molar-refractivity contribution in [2.24, 2.45) is 0 Å². The highest BCUT2D eigenvalue weighted by atomic mass is 16.5. The molecule has 0 aliphatic rings. The van der Waals surface area contributed by atoms with Crippen molar-refractivity contribution in [1.82, 2.24) is 0 Å². The van der Waals surface area contributed by atoms with E-state index < -0.39 is 0 Å². The Kier molecular flexibility index (Phi) is 7.69. The Bertz CT molecular complexity index is 134. The van der Waals surface area contributed by atoms with E-state index in [2.05, 4.69) is 0 Å². The second-order valence-corrected chi connectivity index (χ2v) is 3.20. The van der Waals surface area contributed by atoms with E-state index >= 15 is 0 Å². The van der Waals surface area contributed by atoms with Gasteiger partial charge in [-0.15, -0.1) is 0 Å². The van der Waals surface area contributed by atoms with Crippen LogP contribution in [0, 0.1) is 0 Å². The Hall–Kier alpha value is -0.570. The van der Waals surface area contributed by atoms with Crippen molar-refractivity contribution < 1.29 is 14.6 Å². The molecule has 1 N–H and O–H groups in total. The average Bonchev–Trinajstić information content (AvgIpc) is 2.12. The summed E-state index contributed by atoms with van der Waals surface area (Å²) in [4.78, 5) is 11.0. The highest BCUT2D eigenvalue weighted by Gasteiger charge is 2.07. The third kappa shape index (κ3) is 7.78. The predicted molar refractivity (Wildman–Crippen MR) is 51.4 cm³/mol. The van der Waals surface area contributed by atoms with Crippen molar-refractivity contribution in [2.45, 2.75) is 52.1 Å². The maximum atomic E-state index is 11.0. The first-order chi connectivity index (χ1) is 6.20. The lowest BCUT2D eigenvalue weighted by atomic mass is 10.1. The van der Waals surface area contributed by atoms with Crippen LogP contribution < -0.4 is 0 Å². The van der Waals surface area contributed by atoms with Gasteiger partial charge < -0.3 is 9.84 Å². The molecule has 0 saturated carbocycles. The second-order valence-electron chi connectivity index (χ2n) is 3.20. The highest BCUT2D eigenvalue weighted by Crippen LogP contribution is 2.05. The van der Waals surface area contributed by atoms with Crippen molar-refractivity contribution in [1.29, 1.82) is 0 Å². The van der Waals surface area contributed by atoms with E-state index in [9.17, 15) is 9.90 Å². The van der Waals surface area contributed by atoms with Gasteiger partial charge in [0.2, 0.25) is 0 Å². The number of carbonyl (C=O) groups excluding carboxylic acids is 1. The Morgan fingerprint density at radius 2 is 2.00 bits per heavy atom. The Morgan fingerprint density at radius 3 is 2.54 bits per heavy atom. The van der Waals surface area contributed by atoms with Crippen LogP contribution in [0.4, 0.5) is 0 Å². The summed E-state index contributed by atoms with van der Waals surface area (Å²) in [7, 11) is 0.